The van der Waals surface area contributed by atoms with Crippen LogP contribution < -0.4 is 4.74 Å². The Kier molecular flexibility index (Phi) is 5.52. The highest BCUT2D eigenvalue weighted by molar-refractivity contribution is 5.74. The second-order valence-electron chi connectivity index (χ2n) is 3.60. The van der Waals surface area contributed by atoms with Crippen LogP contribution in [0.1, 0.15) is 43.0 Å². The van der Waals surface area contributed by atoms with Gasteiger partial charge in [-0.15, -0.1) is 0 Å². The van der Waals surface area contributed by atoms with E-state index in [1.165, 1.54) is 19.3 Å². The van der Waals surface area contributed by atoms with Gasteiger partial charge in [-0.05, 0) is 30.7 Å². The molecule has 0 aliphatic carbocycles. The fourth-order valence-corrected chi connectivity index (χ4v) is 1.36. The first-order chi connectivity index (χ1) is 7.36. The summed E-state index contributed by atoms with van der Waals surface area (Å²) in [5.41, 5.74) is 0.688. The average Bonchev–Trinajstić information content (AvgIpc) is 2.30. The molecule has 1 aromatic rings. The van der Waals surface area contributed by atoms with E-state index >= 15 is 0 Å². The second-order valence-corrected chi connectivity index (χ2v) is 3.60. The summed E-state index contributed by atoms with van der Waals surface area (Å²) in [6.45, 7) is 2.96. The van der Waals surface area contributed by atoms with E-state index in [0.717, 1.165) is 25.1 Å². The highest BCUT2D eigenvalue weighted by atomic mass is 16.5. The van der Waals surface area contributed by atoms with Crippen molar-refractivity contribution in [2.75, 3.05) is 6.61 Å². The number of carbonyl (C=O) groups excluding carboxylic acids is 1. The van der Waals surface area contributed by atoms with E-state index in [9.17, 15) is 4.79 Å². The summed E-state index contributed by atoms with van der Waals surface area (Å²) in [4.78, 5) is 10.4. The van der Waals surface area contributed by atoms with Crippen LogP contribution in [0.4, 0.5) is 0 Å². The number of ether oxygens (including phenoxy) is 1. The molecule has 0 N–H and O–H groups in total. The lowest BCUT2D eigenvalue weighted by atomic mass is 10.2. The predicted molar refractivity (Wildman–Crippen MR) is 61.5 cm³/mol. The summed E-state index contributed by atoms with van der Waals surface area (Å²) in [7, 11) is 0. The number of rotatable bonds is 7. The zero-order valence-corrected chi connectivity index (χ0v) is 9.24. The van der Waals surface area contributed by atoms with Crippen LogP contribution in [0.25, 0.3) is 0 Å². The third-order valence-electron chi connectivity index (χ3n) is 2.28. The number of carbonyl (C=O) groups is 1. The number of hydrogen-bond donors (Lipinski definition) is 0. The van der Waals surface area contributed by atoms with E-state index in [4.69, 9.17) is 4.74 Å². The fourth-order valence-electron chi connectivity index (χ4n) is 1.36. The largest absolute Gasteiger partial charge is 0.494 e. The lowest BCUT2D eigenvalue weighted by Gasteiger charge is -2.05. The van der Waals surface area contributed by atoms with E-state index in [0.29, 0.717) is 5.56 Å². The molecule has 0 bridgehead atoms. The lowest BCUT2D eigenvalue weighted by Crippen LogP contribution is -1.97. The van der Waals surface area contributed by atoms with Gasteiger partial charge in [-0.1, -0.05) is 26.2 Å². The molecule has 0 heterocycles. The van der Waals surface area contributed by atoms with Crippen molar-refractivity contribution < 1.29 is 9.53 Å². The molecule has 1 rings (SSSR count). The number of aldehydes is 1. The van der Waals surface area contributed by atoms with Crippen molar-refractivity contribution in [1.82, 2.24) is 0 Å². The first-order valence-corrected chi connectivity index (χ1v) is 5.55. The van der Waals surface area contributed by atoms with Crippen molar-refractivity contribution in [2.24, 2.45) is 0 Å². The normalized spacial score (nSPS) is 9.93. The minimum Gasteiger partial charge on any atom is -0.494 e. The first-order valence-electron chi connectivity index (χ1n) is 5.55. The number of benzene rings is 1. The van der Waals surface area contributed by atoms with Gasteiger partial charge in [-0.3, -0.25) is 4.79 Å². The van der Waals surface area contributed by atoms with Crippen LogP contribution in [-0.2, 0) is 0 Å². The molecule has 0 aliphatic rings. The Morgan fingerprint density at radius 3 is 2.47 bits per heavy atom. The number of hydrogen-bond acceptors (Lipinski definition) is 2. The van der Waals surface area contributed by atoms with Crippen LogP contribution >= 0.6 is 0 Å². The maximum absolute atomic E-state index is 10.4. The molecule has 15 heavy (non-hydrogen) atoms. The third kappa shape index (κ3) is 4.63. The molecule has 0 saturated carbocycles. The molecule has 0 unspecified atom stereocenters. The van der Waals surface area contributed by atoms with Gasteiger partial charge >= 0.3 is 0 Å². The van der Waals surface area contributed by atoms with E-state index in [-0.39, 0.29) is 0 Å². The molecule has 0 fully saturated rings. The molecule has 0 spiro atoms. The van der Waals surface area contributed by atoms with Gasteiger partial charge in [0, 0.05) is 5.56 Å². The molecule has 0 atom stereocenters. The van der Waals surface area contributed by atoms with Crippen LogP contribution in [0.2, 0.25) is 0 Å². The van der Waals surface area contributed by atoms with Gasteiger partial charge in [-0.25, -0.2) is 0 Å². The van der Waals surface area contributed by atoms with Crippen molar-refractivity contribution in [3.05, 3.63) is 29.8 Å². The Bertz CT molecular complexity index is 277. The van der Waals surface area contributed by atoms with Crippen molar-refractivity contribution >= 4 is 6.29 Å². The van der Waals surface area contributed by atoms with E-state index < -0.39 is 0 Å². The predicted octanol–water partition coefficient (Wildman–Crippen LogP) is 3.46. The second kappa shape index (κ2) is 7.04. The topological polar surface area (TPSA) is 26.3 Å². The van der Waals surface area contributed by atoms with Crippen molar-refractivity contribution in [2.45, 2.75) is 32.6 Å². The zero-order chi connectivity index (χ0) is 10.9. The van der Waals surface area contributed by atoms with Gasteiger partial charge in [0.15, 0.2) is 0 Å². The van der Waals surface area contributed by atoms with Crippen LogP contribution in [0.5, 0.6) is 5.75 Å². The average molecular weight is 206 g/mol. The first kappa shape index (κ1) is 11.8. The van der Waals surface area contributed by atoms with E-state index in [1.807, 2.05) is 12.1 Å². The van der Waals surface area contributed by atoms with Gasteiger partial charge in [-0.2, -0.15) is 0 Å². The number of unbranched alkanes of at least 4 members (excludes halogenated alkanes) is 3. The molecule has 0 saturated heterocycles. The molecule has 1 aromatic carbocycles. The summed E-state index contributed by atoms with van der Waals surface area (Å²) in [5.74, 6) is 0.845. The fraction of sp³-hybridized carbons (Fsp3) is 0.462. The molecule has 2 nitrogen and oxygen atoms in total. The summed E-state index contributed by atoms with van der Waals surface area (Å²) >= 11 is 0. The SMILES string of the molecule is CCCCCCOc1ccc(C=O)cc1. The van der Waals surface area contributed by atoms with Gasteiger partial charge < -0.3 is 4.74 Å². The van der Waals surface area contributed by atoms with E-state index in [2.05, 4.69) is 6.92 Å². The van der Waals surface area contributed by atoms with Crippen LogP contribution in [0.3, 0.4) is 0 Å². The lowest BCUT2D eigenvalue weighted by molar-refractivity contribution is 0.112. The Labute approximate surface area is 91.3 Å². The molecular formula is C13H18O2. The van der Waals surface area contributed by atoms with Gasteiger partial charge in [0.2, 0.25) is 0 Å². The minimum absolute atomic E-state index is 0.688. The van der Waals surface area contributed by atoms with Crippen LogP contribution in [0.15, 0.2) is 24.3 Å². The van der Waals surface area contributed by atoms with Gasteiger partial charge in [0.1, 0.15) is 12.0 Å². The maximum atomic E-state index is 10.4. The Morgan fingerprint density at radius 1 is 1.13 bits per heavy atom. The summed E-state index contributed by atoms with van der Waals surface area (Å²) < 4.78 is 5.54. The zero-order valence-electron chi connectivity index (χ0n) is 9.24. The molecule has 82 valence electrons. The summed E-state index contributed by atoms with van der Waals surface area (Å²) in [5, 5.41) is 0. The summed E-state index contributed by atoms with van der Waals surface area (Å²) in [6, 6.07) is 7.22. The summed E-state index contributed by atoms with van der Waals surface area (Å²) in [6.07, 6.45) is 5.68. The van der Waals surface area contributed by atoms with Crippen LogP contribution in [0, 0.1) is 0 Å². The smallest absolute Gasteiger partial charge is 0.150 e. The highest BCUT2D eigenvalue weighted by Crippen LogP contribution is 2.11. The van der Waals surface area contributed by atoms with E-state index in [1.54, 1.807) is 12.1 Å². The van der Waals surface area contributed by atoms with Crippen molar-refractivity contribution in [3.8, 4) is 5.75 Å². The Hall–Kier alpha value is -1.31. The monoisotopic (exact) mass is 206 g/mol. The molecule has 0 amide bonds. The molecular weight excluding hydrogens is 188 g/mol. The maximum Gasteiger partial charge on any atom is 0.150 e. The quantitative estimate of drug-likeness (QED) is 0.504. The van der Waals surface area contributed by atoms with Crippen molar-refractivity contribution in [1.29, 1.82) is 0 Å². The molecule has 2 heteroatoms. The molecule has 0 radical (unpaired) electrons. The molecule has 0 aliphatic heterocycles. The standard InChI is InChI=1S/C13H18O2/c1-2-3-4-5-10-15-13-8-6-12(11-14)7-9-13/h6-9,11H,2-5,10H2,1H3. The highest BCUT2D eigenvalue weighted by Gasteiger charge is 1.94. The van der Waals surface area contributed by atoms with Gasteiger partial charge in [0.25, 0.3) is 0 Å². The Morgan fingerprint density at radius 2 is 1.87 bits per heavy atom. The van der Waals surface area contributed by atoms with Crippen molar-refractivity contribution in [3.63, 3.8) is 0 Å². The molecule has 0 aromatic heterocycles. The Balaban J connectivity index is 2.22. The third-order valence-corrected chi connectivity index (χ3v) is 2.28. The van der Waals surface area contributed by atoms with Gasteiger partial charge in [0.05, 0.1) is 6.61 Å². The van der Waals surface area contributed by atoms with Crippen LogP contribution in [-0.4, -0.2) is 12.9 Å². The minimum atomic E-state index is 0.688.